The molecule has 0 saturated heterocycles. The summed E-state index contributed by atoms with van der Waals surface area (Å²) >= 11 is 0. The van der Waals surface area contributed by atoms with Gasteiger partial charge in [-0.1, -0.05) is 0 Å². The number of hydrogen-bond donors (Lipinski definition) is 4. The average molecular weight is 250 g/mol. The van der Waals surface area contributed by atoms with Gasteiger partial charge in [0.2, 0.25) is 0 Å². The predicted molar refractivity (Wildman–Crippen MR) is 43.6 cm³/mol. The van der Waals surface area contributed by atoms with Crippen molar-refractivity contribution in [2.24, 2.45) is 0 Å². The van der Waals surface area contributed by atoms with Crippen molar-refractivity contribution in [1.29, 1.82) is 0 Å². The maximum atomic E-state index is 7.00. The molecule has 0 aromatic heterocycles. The van der Waals surface area contributed by atoms with Crippen LogP contribution >= 0.6 is 0 Å². The molecule has 0 aliphatic rings. The fourth-order valence-electron chi connectivity index (χ4n) is 0. The molecule has 0 spiro atoms. The van der Waals surface area contributed by atoms with Crippen molar-refractivity contribution in [2.75, 3.05) is 28.4 Å². The fraction of sp³-hybridized carbons (Fsp3) is 0.833. The third-order valence-corrected chi connectivity index (χ3v) is 0. The second-order valence-corrected chi connectivity index (χ2v) is 0. The smallest absolute Gasteiger partial charge is 0.0319 e. The van der Waals surface area contributed by atoms with Crippen molar-refractivity contribution < 1.29 is 42.8 Å². The van der Waals surface area contributed by atoms with Gasteiger partial charge < -0.3 is 27.3 Å². The Balaban J connectivity index is -0.00000000694. The van der Waals surface area contributed by atoms with E-state index in [1.54, 1.807) is 6.92 Å². The Labute approximate surface area is 85.4 Å². The summed E-state index contributed by atoms with van der Waals surface area (Å²) in [4.78, 5) is 0. The molecule has 4 N–H and O–H groups in total. The van der Waals surface area contributed by atoms with Crippen molar-refractivity contribution in [3.8, 4) is 0 Å². The van der Waals surface area contributed by atoms with Crippen LogP contribution in [0.5, 0.6) is 0 Å². The van der Waals surface area contributed by atoms with E-state index in [1.807, 2.05) is 0 Å². The summed E-state index contributed by atoms with van der Waals surface area (Å²) in [7, 11) is 4.00. The van der Waals surface area contributed by atoms with Crippen molar-refractivity contribution in [1.82, 2.24) is 0 Å². The number of aliphatic hydroxyl groups excluding tert-OH is 4. The zero-order chi connectivity index (χ0) is 10.0. The van der Waals surface area contributed by atoms with Gasteiger partial charge in [-0.2, -0.15) is 6.92 Å². The van der Waals surface area contributed by atoms with E-state index in [2.05, 4.69) is 6.92 Å². The summed E-state index contributed by atoms with van der Waals surface area (Å²) < 4.78 is 0. The summed E-state index contributed by atoms with van der Waals surface area (Å²) in [6.07, 6.45) is 0. The topological polar surface area (TPSA) is 80.9 Å². The first-order chi connectivity index (χ1) is 5.00. The van der Waals surface area contributed by atoms with E-state index in [-0.39, 0.29) is 22.4 Å². The Morgan fingerprint density at radius 3 is 0.545 bits per heavy atom. The van der Waals surface area contributed by atoms with Gasteiger partial charge >= 0.3 is 0 Å². The molecule has 0 amide bonds. The maximum absolute atomic E-state index is 7.00. The van der Waals surface area contributed by atoms with Crippen LogP contribution in [0.3, 0.4) is 0 Å². The number of aliphatic hydroxyl groups is 4. The Hall–Kier alpha value is 0.580. The first-order valence-electron chi connectivity index (χ1n) is 2.50. The summed E-state index contributed by atoms with van der Waals surface area (Å²) in [6.45, 7) is 5.00. The summed E-state index contributed by atoms with van der Waals surface area (Å²) in [5, 5.41) is 28.0. The molecule has 0 saturated carbocycles. The standard InChI is InChI=1S/C2H5.4CH4O.Nb/c5*1-2;/h1H2,2H3;4*2H,1H3;/q-1;;;;;. The molecule has 5 heteroatoms. The zero-order valence-electron chi connectivity index (χ0n) is 7.94. The van der Waals surface area contributed by atoms with Crippen molar-refractivity contribution >= 4 is 0 Å². The van der Waals surface area contributed by atoms with E-state index >= 15 is 0 Å². The normalized spacial score (nSPS) is 2.73. The number of hydrogen-bond acceptors (Lipinski definition) is 4. The zero-order valence-corrected chi connectivity index (χ0v) is 10.1. The van der Waals surface area contributed by atoms with E-state index < -0.39 is 0 Å². The average Bonchev–Trinajstić information content (AvgIpc) is 2.20. The van der Waals surface area contributed by atoms with E-state index in [4.69, 9.17) is 20.4 Å². The van der Waals surface area contributed by atoms with Gasteiger partial charge in [0.1, 0.15) is 0 Å². The quantitative estimate of drug-likeness (QED) is 0.337. The van der Waals surface area contributed by atoms with Crippen LogP contribution in [0.25, 0.3) is 0 Å². The predicted octanol–water partition coefficient (Wildman–Crippen LogP) is -0.728. The van der Waals surface area contributed by atoms with E-state index in [1.165, 1.54) is 0 Å². The summed E-state index contributed by atoms with van der Waals surface area (Å²) in [6, 6.07) is 0. The van der Waals surface area contributed by atoms with E-state index in [0.29, 0.717) is 0 Å². The molecule has 0 unspecified atom stereocenters. The molecule has 0 fully saturated rings. The Morgan fingerprint density at radius 1 is 0.545 bits per heavy atom. The van der Waals surface area contributed by atoms with Gasteiger partial charge in [-0.25, -0.2) is 0 Å². The molecular weight excluding hydrogens is 229 g/mol. The van der Waals surface area contributed by atoms with Crippen LogP contribution in [0.4, 0.5) is 0 Å². The van der Waals surface area contributed by atoms with Crippen LogP contribution in [0.1, 0.15) is 6.92 Å². The molecule has 0 rings (SSSR count). The van der Waals surface area contributed by atoms with Gasteiger partial charge in [-0.05, 0) is 0 Å². The first kappa shape index (κ1) is 41.6. The molecule has 0 aliphatic heterocycles. The Kier molecular flexibility index (Phi) is 10900. The largest absolute Gasteiger partial charge is 0.400 e. The minimum atomic E-state index is 0. The van der Waals surface area contributed by atoms with Crippen LogP contribution < -0.4 is 0 Å². The fourth-order valence-corrected chi connectivity index (χ4v) is 0. The summed E-state index contributed by atoms with van der Waals surface area (Å²) in [5.74, 6) is 0. The molecule has 4 nitrogen and oxygen atoms in total. The van der Waals surface area contributed by atoms with Gasteiger partial charge in [0.15, 0.2) is 0 Å². The monoisotopic (exact) mass is 250 g/mol. The van der Waals surface area contributed by atoms with E-state index in [0.717, 1.165) is 28.4 Å². The summed E-state index contributed by atoms with van der Waals surface area (Å²) in [5.41, 5.74) is 0. The number of rotatable bonds is 0. The first-order valence-corrected chi connectivity index (χ1v) is 2.50. The molecule has 1 radical (unpaired) electrons. The Bertz CT molecular complexity index is 14.5. The maximum Gasteiger partial charge on any atom is 0.0319 e. The van der Waals surface area contributed by atoms with Crippen molar-refractivity contribution in [3.63, 3.8) is 0 Å². The SMILES string of the molecule is CO.CO.CO.CO.[CH2-]C.[Nb]. The second-order valence-electron chi connectivity index (χ2n) is 0. The molecule has 0 aromatic rings. The molecule has 0 aliphatic carbocycles. The molecular formula is C6H21NbO4-. The van der Waals surface area contributed by atoms with Crippen LogP contribution in [-0.2, 0) is 22.4 Å². The molecule has 0 heterocycles. The van der Waals surface area contributed by atoms with Crippen LogP contribution in [0, 0.1) is 6.92 Å². The molecule has 0 bridgehead atoms. The second kappa shape index (κ2) is 2880. The molecule has 75 valence electrons. The Morgan fingerprint density at radius 2 is 0.545 bits per heavy atom. The van der Waals surface area contributed by atoms with E-state index in [9.17, 15) is 0 Å². The van der Waals surface area contributed by atoms with Crippen LogP contribution in [-0.4, -0.2) is 48.9 Å². The minimum absolute atomic E-state index is 0. The third kappa shape index (κ3) is 2310. The van der Waals surface area contributed by atoms with Gasteiger partial charge in [0.25, 0.3) is 0 Å². The molecule has 11 heavy (non-hydrogen) atoms. The minimum Gasteiger partial charge on any atom is -0.400 e. The van der Waals surface area contributed by atoms with Crippen molar-refractivity contribution in [2.45, 2.75) is 6.92 Å². The molecule has 0 aromatic carbocycles. The van der Waals surface area contributed by atoms with Crippen LogP contribution in [0.15, 0.2) is 0 Å². The van der Waals surface area contributed by atoms with Gasteiger partial charge in [-0.15, -0.1) is 0 Å². The van der Waals surface area contributed by atoms with Gasteiger partial charge in [-0.3, -0.25) is 0 Å². The molecule has 0 atom stereocenters. The van der Waals surface area contributed by atoms with Crippen molar-refractivity contribution in [3.05, 3.63) is 6.92 Å². The third-order valence-electron chi connectivity index (χ3n) is 0. The van der Waals surface area contributed by atoms with Crippen LogP contribution in [0.2, 0.25) is 0 Å². The van der Waals surface area contributed by atoms with Gasteiger partial charge in [0.05, 0.1) is 0 Å². The van der Waals surface area contributed by atoms with Gasteiger partial charge in [0, 0.05) is 50.8 Å².